The van der Waals surface area contributed by atoms with Crippen molar-refractivity contribution in [2.45, 2.75) is 6.61 Å². The first-order chi connectivity index (χ1) is 10.6. The summed E-state index contributed by atoms with van der Waals surface area (Å²) < 4.78 is 9.84. The summed E-state index contributed by atoms with van der Waals surface area (Å²) in [6.07, 6.45) is 0. The van der Waals surface area contributed by atoms with Gasteiger partial charge in [0.15, 0.2) is 11.3 Å². The Morgan fingerprint density at radius 2 is 1.77 bits per heavy atom. The molecule has 7 heteroatoms. The van der Waals surface area contributed by atoms with E-state index in [4.69, 9.17) is 4.74 Å². The fourth-order valence-electron chi connectivity index (χ4n) is 2.17. The smallest absolute Gasteiger partial charge is 0.354 e. The van der Waals surface area contributed by atoms with Gasteiger partial charge in [0.05, 0.1) is 10.5 Å². The molecule has 1 aliphatic rings. The number of rotatable bonds is 4. The van der Waals surface area contributed by atoms with Crippen molar-refractivity contribution in [1.29, 1.82) is 0 Å². The fourth-order valence-corrected chi connectivity index (χ4v) is 2.17. The number of cyclic esters (lactones) is 2. The van der Waals surface area contributed by atoms with Crippen LogP contribution in [-0.2, 0) is 11.3 Å². The zero-order valence-electron chi connectivity index (χ0n) is 11.1. The van der Waals surface area contributed by atoms with E-state index in [1.165, 1.54) is 12.1 Å². The van der Waals surface area contributed by atoms with Crippen molar-refractivity contribution >= 4 is 17.6 Å². The highest BCUT2D eigenvalue weighted by molar-refractivity contribution is 6.17. The third kappa shape index (κ3) is 2.28. The van der Waals surface area contributed by atoms with Crippen molar-refractivity contribution in [3.8, 4) is 5.75 Å². The number of ether oxygens (including phenoxy) is 2. The fraction of sp³-hybridized carbons (Fsp3) is 0.0667. The van der Waals surface area contributed by atoms with Crippen LogP contribution in [0.1, 0.15) is 26.3 Å². The Morgan fingerprint density at radius 3 is 2.45 bits per heavy atom. The molecule has 110 valence electrons. The van der Waals surface area contributed by atoms with Crippen LogP contribution in [0.4, 0.5) is 5.69 Å². The van der Waals surface area contributed by atoms with Crippen molar-refractivity contribution in [2.24, 2.45) is 0 Å². The summed E-state index contributed by atoms with van der Waals surface area (Å²) in [5, 5.41) is 11.3. The minimum atomic E-state index is -1.03. The maximum atomic E-state index is 11.6. The Kier molecular flexibility index (Phi) is 3.30. The molecule has 0 saturated heterocycles. The van der Waals surface area contributed by atoms with Gasteiger partial charge in [-0.25, -0.2) is 9.59 Å². The lowest BCUT2D eigenvalue weighted by molar-refractivity contribution is -0.386. The number of fused-ring (bicyclic) bond motifs is 1. The van der Waals surface area contributed by atoms with Crippen molar-refractivity contribution in [3.63, 3.8) is 0 Å². The first-order valence-electron chi connectivity index (χ1n) is 6.32. The molecule has 0 spiro atoms. The van der Waals surface area contributed by atoms with Crippen LogP contribution in [0, 0.1) is 10.1 Å². The summed E-state index contributed by atoms with van der Waals surface area (Å²) in [5.41, 5.74) is -0.218. The molecule has 0 atom stereocenters. The summed E-state index contributed by atoms with van der Waals surface area (Å²) in [7, 11) is 0. The van der Waals surface area contributed by atoms with Gasteiger partial charge in [0.2, 0.25) is 0 Å². The molecule has 7 nitrogen and oxygen atoms in total. The van der Waals surface area contributed by atoms with Gasteiger partial charge in [-0.05, 0) is 17.7 Å². The Balaban J connectivity index is 1.99. The van der Waals surface area contributed by atoms with Gasteiger partial charge in [0, 0.05) is 0 Å². The highest BCUT2D eigenvalue weighted by Crippen LogP contribution is 2.37. The zero-order chi connectivity index (χ0) is 15.7. The maximum Gasteiger partial charge on any atom is 0.354 e. The highest BCUT2D eigenvalue weighted by atomic mass is 16.6. The van der Waals surface area contributed by atoms with E-state index >= 15 is 0 Å². The van der Waals surface area contributed by atoms with E-state index in [1.54, 1.807) is 12.1 Å². The predicted octanol–water partition coefficient (Wildman–Crippen LogP) is 2.48. The largest absolute Gasteiger partial charge is 0.482 e. The van der Waals surface area contributed by atoms with Crippen LogP contribution < -0.4 is 4.74 Å². The number of nitrogens with zero attached hydrogens (tertiary/aromatic N) is 1. The number of nitro groups is 1. The summed E-state index contributed by atoms with van der Waals surface area (Å²) in [5.74, 6) is -2.01. The monoisotopic (exact) mass is 299 g/mol. The molecule has 1 heterocycles. The Hall–Kier alpha value is -3.22. The summed E-state index contributed by atoms with van der Waals surface area (Å²) >= 11 is 0. The maximum absolute atomic E-state index is 11.6. The van der Waals surface area contributed by atoms with Crippen LogP contribution in [0.15, 0.2) is 42.5 Å². The van der Waals surface area contributed by atoms with Crippen LogP contribution in [-0.4, -0.2) is 16.9 Å². The van der Waals surface area contributed by atoms with E-state index in [2.05, 4.69) is 4.74 Å². The second-order valence-corrected chi connectivity index (χ2v) is 4.54. The van der Waals surface area contributed by atoms with E-state index in [-0.39, 0.29) is 23.5 Å². The van der Waals surface area contributed by atoms with Crippen LogP contribution >= 0.6 is 0 Å². The van der Waals surface area contributed by atoms with Gasteiger partial charge >= 0.3 is 17.6 Å². The lowest BCUT2D eigenvalue weighted by Crippen LogP contribution is -2.05. The number of hydrogen-bond donors (Lipinski definition) is 0. The van der Waals surface area contributed by atoms with Gasteiger partial charge in [0.25, 0.3) is 0 Å². The molecule has 0 aliphatic carbocycles. The molecule has 0 fully saturated rings. The normalized spacial score (nSPS) is 12.7. The molecule has 0 N–H and O–H groups in total. The molecule has 2 aromatic rings. The number of carbonyl (C=O) groups is 2. The van der Waals surface area contributed by atoms with Crippen molar-refractivity contribution in [3.05, 3.63) is 69.3 Å². The third-order valence-electron chi connectivity index (χ3n) is 3.17. The molecular formula is C15H9NO6. The molecule has 0 unspecified atom stereocenters. The molecule has 0 aromatic heterocycles. The quantitative estimate of drug-likeness (QED) is 0.372. The van der Waals surface area contributed by atoms with Gasteiger partial charge in [-0.3, -0.25) is 10.1 Å². The van der Waals surface area contributed by atoms with E-state index in [0.717, 1.165) is 5.56 Å². The standard InChI is InChI=1S/C15H9NO6/c17-14-10-6-7-11(21-8-9-4-2-1-3-5-9)13(16(19)20)12(10)15(18)22-14/h1-7H,8H2. The van der Waals surface area contributed by atoms with Crippen molar-refractivity contribution in [2.75, 3.05) is 0 Å². The molecule has 0 bridgehead atoms. The molecular weight excluding hydrogens is 290 g/mol. The lowest BCUT2D eigenvalue weighted by atomic mass is 10.1. The van der Waals surface area contributed by atoms with Gasteiger partial charge in [0.1, 0.15) is 6.61 Å². The Morgan fingerprint density at radius 1 is 1.05 bits per heavy atom. The van der Waals surface area contributed by atoms with E-state index in [9.17, 15) is 19.7 Å². The summed E-state index contributed by atoms with van der Waals surface area (Å²) in [6, 6.07) is 11.6. The number of esters is 2. The van der Waals surface area contributed by atoms with Crippen LogP contribution in [0.2, 0.25) is 0 Å². The molecule has 22 heavy (non-hydrogen) atoms. The average Bonchev–Trinajstić information content (AvgIpc) is 2.80. The topological polar surface area (TPSA) is 95.7 Å². The van der Waals surface area contributed by atoms with E-state index < -0.39 is 22.5 Å². The van der Waals surface area contributed by atoms with Gasteiger partial charge < -0.3 is 9.47 Å². The summed E-state index contributed by atoms with van der Waals surface area (Å²) in [4.78, 5) is 33.6. The van der Waals surface area contributed by atoms with Gasteiger partial charge in [-0.1, -0.05) is 30.3 Å². The second-order valence-electron chi connectivity index (χ2n) is 4.54. The summed E-state index contributed by atoms with van der Waals surface area (Å²) in [6.45, 7) is 0.101. The van der Waals surface area contributed by atoms with Crippen LogP contribution in [0.3, 0.4) is 0 Å². The Labute approximate surface area is 124 Å². The number of hydrogen-bond acceptors (Lipinski definition) is 6. The second kappa shape index (κ2) is 5.28. The molecule has 1 aliphatic heterocycles. The van der Waals surface area contributed by atoms with Gasteiger partial charge in [-0.15, -0.1) is 0 Å². The number of benzene rings is 2. The molecule has 0 amide bonds. The minimum Gasteiger partial charge on any atom is -0.482 e. The van der Waals surface area contributed by atoms with Crippen molar-refractivity contribution < 1.29 is 24.0 Å². The zero-order valence-corrected chi connectivity index (χ0v) is 11.1. The first kappa shape index (κ1) is 13.7. The van der Waals surface area contributed by atoms with Crippen LogP contribution in [0.5, 0.6) is 5.75 Å². The lowest BCUT2D eigenvalue weighted by Gasteiger charge is -2.08. The highest BCUT2D eigenvalue weighted by Gasteiger charge is 2.39. The third-order valence-corrected chi connectivity index (χ3v) is 3.17. The molecule has 2 aromatic carbocycles. The predicted molar refractivity (Wildman–Crippen MR) is 73.6 cm³/mol. The molecule has 0 radical (unpaired) electrons. The van der Waals surface area contributed by atoms with Crippen molar-refractivity contribution in [1.82, 2.24) is 0 Å². The number of carbonyl (C=O) groups excluding carboxylic acids is 2. The molecule has 0 saturated carbocycles. The minimum absolute atomic E-state index is 0.0840. The molecule has 3 rings (SSSR count). The van der Waals surface area contributed by atoms with Gasteiger partial charge in [-0.2, -0.15) is 0 Å². The average molecular weight is 299 g/mol. The van der Waals surface area contributed by atoms with E-state index in [1.807, 2.05) is 18.2 Å². The number of nitro benzene ring substituents is 1. The van der Waals surface area contributed by atoms with E-state index in [0.29, 0.717) is 0 Å². The van der Waals surface area contributed by atoms with Crippen LogP contribution in [0.25, 0.3) is 0 Å². The SMILES string of the molecule is O=C1OC(=O)c2c1ccc(OCc1ccccc1)c2[N+](=O)[O-]. The Bertz CT molecular complexity index is 784. The first-order valence-corrected chi connectivity index (χ1v) is 6.32.